The highest BCUT2D eigenvalue weighted by molar-refractivity contribution is 9.10. The Bertz CT molecular complexity index is 1200. The third kappa shape index (κ3) is 4.54. The van der Waals surface area contributed by atoms with E-state index in [0.717, 1.165) is 50.2 Å². The Kier molecular flexibility index (Phi) is 6.58. The smallest absolute Gasteiger partial charge is 0.293 e. The molecule has 0 radical (unpaired) electrons. The quantitative estimate of drug-likeness (QED) is 0.355. The molecule has 4 rings (SSSR count). The van der Waals surface area contributed by atoms with E-state index in [2.05, 4.69) is 20.5 Å². The highest BCUT2D eigenvalue weighted by Crippen LogP contribution is 2.35. The Labute approximate surface area is 200 Å². The summed E-state index contributed by atoms with van der Waals surface area (Å²) < 4.78 is 8.62. The molecule has 32 heavy (non-hydrogen) atoms. The van der Waals surface area contributed by atoms with Gasteiger partial charge >= 0.3 is 0 Å². The first-order chi connectivity index (χ1) is 15.4. The maximum Gasteiger partial charge on any atom is 0.293 e. The molecule has 1 aliphatic rings. The van der Waals surface area contributed by atoms with Crippen LogP contribution in [0.25, 0.3) is 11.8 Å². The zero-order valence-corrected chi connectivity index (χ0v) is 20.5. The minimum absolute atomic E-state index is 0.246. The van der Waals surface area contributed by atoms with Crippen LogP contribution in [-0.2, 0) is 11.3 Å². The number of ether oxygens (including phenoxy) is 1. The summed E-state index contributed by atoms with van der Waals surface area (Å²) in [6.45, 7) is 6.89. The average Bonchev–Trinajstić information content (AvgIpc) is 3.20. The standard InChI is InChI=1S/C25H23BrN2O3S/c1-4-31-22-11-9-21(10-12-22)28-16(2)13-19(17(28)3)14-23-24(29)27(25(30)32-23)15-18-5-7-20(26)8-6-18/h5-14H,4,15H2,1-3H3/b23-14-. The Morgan fingerprint density at radius 2 is 1.72 bits per heavy atom. The van der Waals surface area contributed by atoms with Crippen molar-refractivity contribution in [3.05, 3.63) is 86.5 Å². The summed E-state index contributed by atoms with van der Waals surface area (Å²) >= 11 is 4.39. The van der Waals surface area contributed by atoms with Gasteiger partial charge in [0.15, 0.2) is 0 Å². The van der Waals surface area contributed by atoms with Gasteiger partial charge in [0.2, 0.25) is 0 Å². The first-order valence-electron chi connectivity index (χ1n) is 10.3. The summed E-state index contributed by atoms with van der Waals surface area (Å²) in [6.07, 6.45) is 1.82. The first kappa shape index (κ1) is 22.4. The molecule has 1 aromatic heterocycles. The number of nitrogens with zero attached hydrogens (tertiary/aromatic N) is 2. The van der Waals surface area contributed by atoms with E-state index in [0.29, 0.717) is 11.5 Å². The van der Waals surface area contributed by atoms with E-state index in [1.807, 2.05) is 81.4 Å². The van der Waals surface area contributed by atoms with Gasteiger partial charge in [0.1, 0.15) is 5.75 Å². The fourth-order valence-electron chi connectivity index (χ4n) is 3.74. The number of imide groups is 1. The van der Waals surface area contributed by atoms with Gasteiger partial charge < -0.3 is 9.30 Å². The molecule has 1 aliphatic heterocycles. The number of hydrogen-bond donors (Lipinski definition) is 0. The second-order valence-electron chi connectivity index (χ2n) is 7.48. The van der Waals surface area contributed by atoms with Crippen LogP contribution in [0.1, 0.15) is 29.4 Å². The third-order valence-corrected chi connectivity index (χ3v) is 6.73. The molecule has 2 heterocycles. The van der Waals surface area contributed by atoms with Gasteiger partial charge in [-0.3, -0.25) is 14.5 Å². The summed E-state index contributed by atoms with van der Waals surface area (Å²) in [5, 5.41) is -0.246. The van der Waals surface area contributed by atoms with Crippen LogP contribution < -0.4 is 4.74 Å². The molecule has 0 N–H and O–H groups in total. The van der Waals surface area contributed by atoms with E-state index in [4.69, 9.17) is 4.74 Å². The number of halogens is 1. The minimum atomic E-state index is -0.256. The lowest BCUT2D eigenvalue weighted by Gasteiger charge is -2.12. The summed E-state index contributed by atoms with van der Waals surface area (Å²) in [4.78, 5) is 27.2. The minimum Gasteiger partial charge on any atom is -0.494 e. The molecular formula is C25H23BrN2O3S. The van der Waals surface area contributed by atoms with Gasteiger partial charge in [0.05, 0.1) is 18.1 Å². The van der Waals surface area contributed by atoms with Gasteiger partial charge in [-0.2, -0.15) is 0 Å². The SMILES string of the molecule is CCOc1ccc(-n2c(C)cc(/C=C3\SC(=O)N(Cc4ccc(Br)cc4)C3=O)c2C)cc1. The van der Waals surface area contributed by atoms with Crippen LogP contribution in [0.3, 0.4) is 0 Å². The van der Waals surface area contributed by atoms with E-state index in [-0.39, 0.29) is 17.7 Å². The summed E-state index contributed by atoms with van der Waals surface area (Å²) in [5.41, 5.74) is 4.90. The molecule has 2 amide bonds. The largest absolute Gasteiger partial charge is 0.494 e. The van der Waals surface area contributed by atoms with Crippen LogP contribution in [0.4, 0.5) is 4.79 Å². The summed E-state index contributed by atoms with van der Waals surface area (Å²) in [5.74, 6) is 0.576. The van der Waals surface area contributed by atoms with Gasteiger partial charge in [0, 0.05) is 21.5 Å². The fourth-order valence-corrected chi connectivity index (χ4v) is 4.83. The monoisotopic (exact) mass is 510 g/mol. The molecule has 1 fully saturated rings. The predicted octanol–water partition coefficient (Wildman–Crippen LogP) is 6.49. The van der Waals surface area contributed by atoms with Crippen molar-refractivity contribution in [1.29, 1.82) is 0 Å². The molecule has 3 aromatic rings. The zero-order valence-electron chi connectivity index (χ0n) is 18.1. The molecule has 0 spiro atoms. The Hall–Kier alpha value is -2.77. The first-order valence-corrected chi connectivity index (χ1v) is 11.9. The molecule has 2 aromatic carbocycles. The zero-order chi connectivity index (χ0) is 22.8. The van der Waals surface area contributed by atoms with Crippen molar-refractivity contribution in [2.45, 2.75) is 27.3 Å². The summed E-state index contributed by atoms with van der Waals surface area (Å²) in [6, 6.07) is 17.6. The van der Waals surface area contributed by atoms with Gasteiger partial charge in [-0.1, -0.05) is 28.1 Å². The normalized spacial score (nSPS) is 15.1. The second-order valence-corrected chi connectivity index (χ2v) is 9.39. The van der Waals surface area contributed by atoms with Crippen LogP contribution in [0.2, 0.25) is 0 Å². The van der Waals surface area contributed by atoms with Gasteiger partial charge in [0.25, 0.3) is 11.1 Å². The number of aryl methyl sites for hydroxylation is 1. The number of amides is 2. The van der Waals surface area contributed by atoms with Crippen molar-refractivity contribution in [2.75, 3.05) is 6.61 Å². The molecule has 0 saturated carbocycles. The molecular weight excluding hydrogens is 488 g/mol. The summed E-state index contributed by atoms with van der Waals surface area (Å²) in [7, 11) is 0. The molecule has 1 saturated heterocycles. The highest BCUT2D eigenvalue weighted by atomic mass is 79.9. The highest BCUT2D eigenvalue weighted by Gasteiger charge is 2.35. The van der Waals surface area contributed by atoms with Crippen molar-refractivity contribution in [3.63, 3.8) is 0 Å². The number of carbonyl (C=O) groups excluding carboxylic acids is 2. The number of hydrogen-bond acceptors (Lipinski definition) is 4. The third-order valence-electron chi connectivity index (χ3n) is 5.29. The van der Waals surface area contributed by atoms with Crippen molar-refractivity contribution in [1.82, 2.24) is 9.47 Å². The van der Waals surface area contributed by atoms with Crippen molar-refractivity contribution in [2.24, 2.45) is 0 Å². The van der Waals surface area contributed by atoms with Crippen molar-refractivity contribution >= 4 is 44.9 Å². The fraction of sp³-hybridized carbons (Fsp3) is 0.200. The molecule has 0 unspecified atom stereocenters. The van der Waals surface area contributed by atoms with Crippen LogP contribution >= 0.6 is 27.7 Å². The molecule has 0 aliphatic carbocycles. The predicted molar refractivity (Wildman–Crippen MR) is 132 cm³/mol. The number of carbonyl (C=O) groups is 2. The topological polar surface area (TPSA) is 51.5 Å². The lowest BCUT2D eigenvalue weighted by atomic mass is 10.2. The van der Waals surface area contributed by atoms with E-state index in [9.17, 15) is 9.59 Å². The maximum atomic E-state index is 12.9. The molecule has 0 bridgehead atoms. The van der Waals surface area contributed by atoms with Gasteiger partial charge in [-0.05, 0) is 92.2 Å². The number of aromatic nitrogens is 1. The van der Waals surface area contributed by atoms with Crippen LogP contribution in [0.15, 0.2) is 64.0 Å². The number of rotatable bonds is 6. The van der Waals surface area contributed by atoms with E-state index in [1.165, 1.54) is 4.90 Å². The van der Waals surface area contributed by atoms with Crippen LogP contribution in [0, 0.1) is 13.8 Å². The Balaban J connectivity index is 1.58. The molecule has 5 nitrogen and oxygen atoms in total. The molecule has 7 heteroatoms. The maximum absolute atomic E-state index is 12.9. The van der Waals surface area contributed by atoms with Gasteiger partial charge in [-0.25, -0.2) is 0 Å². The van der Waals surface area contributed by atoms with Crippen molar-refractivity contribution < 1.29 is 14.3 Å². The van der Waals surface area contributed by atoms with E-state index < -0.39 is 0 Å². The van der Waals surface area contributed by atoms with Crippen molar-refractivity contribution in [3.8, 4) is 11.4 Å². The number of benzene rings is 2. The second kappa shape index (κ2) is 9.38. The molecule has 164 valence electrons. The lowest BCUT2D eigenvalue weighted by Crippen LogP contribution is -2.27. The van der Waals surface area contributed by atoms with Crippen LogP contribution in [0.5, 0.6) is 5.75 Å². The number of thioether (sulfide) groups is 1. The van der Waals surface area contributed by atoms with Crippen LogP contribution in [-0.4, -0.2) is 27.2 Å². The lowest BCUT2D eigenvalue weighted by molar-refractivity contribution is -0.123. The van der Waals surface area contributed by atoms with E-state index >= 15 is 0 Å². The Morgan fingerprint density at radius 3 is 2.38 bits per heavy atom. The molecule has 0 atom stereocenters. The van der Waals surface area contributed by atoms with Gasteiger partial charge in [-0.15, -0.1) is 0 Å². The van der Waals surface area contributed by atoms with E-state index in [1.54, 1.807) is 0 Å². The average molecular weight is 511 g/mol. The Morgan fingerprint density at radius 1 is 1.03 bits per heavy atom.